The molecule has 1 fully saturated rings. The number of alkyl halides is 4. The molecule has 0 amide bonds. The van der Waals surface area contributed by atoms with Gasteiger partial charge in [0, 0.05) is 48.7 Å². The van der Waals surface area contributed by atoms with Gasteiger partial charge in [0.25, 0.3) is 0 Å². The summed E-state index contributed by atoms with van der Waals surface area (Å²) in [4.78, 5) is 22.8. The number of nitrogens with two attached hydrogens (primary N) is 1. The number of hydrogen-bond donors (Lipinski definition) is 2. The molecule has 0 spiro atoms. The van der Waals surface area contributed by atoms with Gasteiger partial charge in [0.1, 0.15) is 35.6 Å². The number of carbonyl (C=O) groups excluding carboxylic acids is 1. The number of anilines is 3. The first-order valence-electron chi connectivity index (χ1n) is 11.6. The lowest BCUT2D eigenvalue weighted by Crippen LogP contribution is -2.48. The smallest absolute Gasteiger partial charge is 0.408 e. The summed E-state index contributed by atoms with van der Waals surface area (Å²) in [5.74, 6) is 0.330. The maximum absolute atomic E-state index is 14.4. The molecule has 3 N–H and O–H groups in total. The van der Waals surface area contributed by atoms with Crippen LogP contribution in [0.5, 0.6) is 0 Å². The number of pyridine rings is 2. The highest BCUT2D eigenvalue weighted by Gasteiger charge is 2.39. The summed E-state index contributed by atoms with van der Waals surface area (Å²) in [5.41, 5.74) is 7.48. The van der Waals surface area contributed by atoms with E-state index in [2.05, 4.69) is 20.4 Å². The molecular weight excluding hydrogens is 494 g/mol. The zero-order valence-corrected chi connectivity index (χ0v) is 20.1. The predicted molar refractivity (Wildman–Crippen MR) is 127 cm³/mol. The van der Waals surface area contributed by atoms with E-state index in [4.69, 9.17) is 10.5 Å². The molecule has 3 aromatic rings. The fourth-order valence-electron chi connectivity index (χ4n) is 4.66. The van der Waals surface area contributed by atoms with Gasteiger partial charge in [-0.1, -0.05) is 0 Å². The molecule has 5 heterocycles. The molecule has 0 bridgehead atoms. The van der Waals surface area contributed by atoms with Crippen LogP contribution in [-0.4, -0.2) is 57.2 Å². The molecule has 2 aliphatic rings. The average Bonchev–Trinajstić information content (AvgIpc) is 3.33. The Labute approximate surface area is 209 Å². The Morgan fingerprint density at radius 3 is 2.70 bits per heavy atom. The fraction of sp³-hybridized carbons (Fsp3) is 0.417. The maximum Gasteiger partial charge on any atom is 0.408 e. The van der Waals surface area contributed by atoms with Crippen LogP contribution in [0.15, 0.2) is 36.8 Å². The van der Waals surface area contributed by atoms with Crippen molar-refractivity contribution in [3.63, 3.8) is 0 Å². The van der Waals surface area contributed by atoms with E-state index in [1.807, 2.05) is 0 Å². The average molecular weight is 520 g/mol. The number of esters is 1. The molecule has 9 nitrogen and oxygen atoms in total. The molecule has 196 valence electrons. The third-order valence-electron chi connectivity index (χ3n) is 6.23. The molecule has 1 saturated heterocycles. The summed E-state index contributed by atoms with van der Waals surface area (Å²) in [6.07, 6.45) is -1.28. The van der Waals surface area contributed by atoms with Gasteiger partial charge in [-0.2, -0.15) is 18.3 Å². The van der Waals surface area contributed by atoms with Crippen molar-refractivity contribution < 1.29 is 27.1 Å². The fourth-order valence-corrected chi connectivity index (χ4v) is 4.66. The van der Waals surface area contributed by atoms with E-state index in [1.165, 1.54) is 18.6 Å². The quantitative estimate of drug-likeness (QED) is 0.386. The Hall–Kier alpha value is -3.74. The summed E-state index contributed by atoms with van der Waals surface area (Å²) < 4.78 is 59.1. The van der Waals surface area contributed by atoms with Gasteiger partial charge in [-0.05, 0) is 32.4 Å². The normalized spacial score (nSPS) is 21.1. The van der Waals surface area contributed by atoms with Crippen molar-refractivity contribution in [2.75, 3.05) is 23.3 Å². The topological polar surface area (TPSA) is 111 Å². The van der Waals surface area contributed by atoms with E-state index in [1.54, 1.807) is 36.9 Å². The lowest BCUT2D eigenvalue weighted by Gasteiger charge is -2.35. The van der Waals surface area contributed by atoms with E-state index in [-0.39, 0.29) is 13.0 Å². The molecular formula is C24H25F4N7O2. The molecule has 0 unspecified atom stereocenters. The zero-order valence-electron chi connectivity index (χ0n) is 20.1. The van der Waals surface area contributed by atoms with Gasteiger partial charge in [-0.25, -0.2) is 19.2 Å². The monoisotopic (exact) mass is 519 g/mol. The summed E-state index contributed by atoms with van der Waals surface area (Å²) in [6.45, 7) is 2.68. The first-order chi connectivity index (χ1) is 17.4. The first-order valence-corrected chi connectivity index (χ1v) is 11.6. The Bertz CT molecular complexity index is 1330. The second kappa shape index (κ2) is 8.98. The largest absolute Gasteiger partial charge is 0.449 e. The minimum atomic E-state index is -4.42. The number of nitrogens with one attached hydrogen (secondary N) is 1. The Kier molecular flexibility index (Phi) is 6.05. The Morgan fingerprint density at radius 2 is 1.97 bits per heavy atom. The molecule has 0 saturated carbocycles. The van der Waals surface area contributed by atoms with E-state index >= 15 is 0 Å². The number of hydrogen-bond acceptors (Lipinski definition) is 8. The van der Waals surface area contributed by atoms with Gasteiger partial charge in [-0.15, -0.1) is 0 Å². The summed E-state index contributed by atoms with van der Waals surface area (Å²) in [6, 6.07) is 4.49. The lowest BCUT2D eigenvalue weighted by atomic mass is 10.0. The molecule has 0 aliphatic carbocycles. The number of cyclic esters (lactones) is 1. The van der Waals surface area contributed by atoms with Gasteiger partial charge >= 0.3 is 12.1 Å². The van der Waals surface area contributed by atoms with Crippen LogP contribution in [0.2, 0.25) is 0 Å². The van der Waals surface area contributed by atoms with Gasteiger partial charge in [0.05, 0.1) is 17.4 Å². The molecule has 0 aromatic carbocycles. The van der Waals surface area contributed by atoms with Crippen molar-refractivity contribution >= 4 is 23.3 Å². The minimum Gasteiger partial charge on any atom is -0.449 e. The number of carbonyl (C=O) groups is 1. The van der Waals surface area contributed by atoms with Gasteiger partial charge in [0.2, 0.25) is 0 Å². The Balaban J connectivity index is 1.50. The third kappa shape index (κ3) is 5.22. The van der Waals surface area contributed by atoms with Gasteiger partial charge in [-0.3, -0.25) is 4.68 Å². The van der Waals surface area contributed by atoms with Crippen molar-refractivity contribution in [2.24, 2.45) is 5.73 Å². The van der Waals surface area contributed by atoms with Crippen molar-refractivity contribution in [3.8, 4) is 11.1 Å². The van der Waals surface area contributed by atoms with Crippen LogP contribution in [0, 0.1) is 0 Å². The molecule has 0 radical (unpaired) electrons. The number of rotatable bonds is 5. The minimum absolute atomic E-state index is 0.0750. The highest BCUT2D eigenvalue weighted by atomic mass is 19.4. The van der Waals surface area contributed by atoms with Crippen LogP contribution in [0.1, 0.15) is 36.3 Å². The standard InChI is InChI=1S/C24H25F4N7O2/c1-23(2)21-16(22(36)37-23)3-4-19(33-21)32-20-6-18(34-10-14(25)5-15(29)11-34)17(8-30-20)13-7-31-35(9-13)12-24(26,27)28/h3-4,6-9,14-15H,5,10-12,29H2,1-2H3,(H,30,32,33)/t14-,15+/m1/s1. The van der Waals surface area contributed by atoms with Crippen LogP contribution in [0.3, 0.4) is 0 Å². The van der Waals surface area contributed by atoms with Crippen LogP contribution in [-0.2, 0) is 16.9 Å². The molecule has 3 aromatic heterocycles. The highest BCUT2D eigenvalue weighted by Crippen LogP contribution is 2.37. The van der Waals surface area contributed by atoms with Crippen molar-refractivity contribution in [3.05, 3.63) is 48.0 Å². The van der Waals surface area contributed by atoms with Crippen molar-refractivity contribution in [2.45, 2.75) is 50.8 Å². The van der Waals surface area contributed by atoms with Crippen LogP contribution in [0.25, 0.3) is 11.1 Å². The third-order valence-corrected chi connectivity index (χ3v) is 6.23. The van der Waals surface area contributed by atoms with Crippen molar-refractivity contribution in [1.29, 1.82) is 0 Å². The molecule has 2 aliphatic heterocycles. The lowest BCUT2D eigenvalue weighted by molar-refractivity contribution is -0.142. The van der Waals surface area contributed by atoms with E-state index in [0.717, 1.165) is 4.68 Å². The number of fused-ring (bicyclic) bond motifs is 1. The Morgan fingerprint density at radius 1 is 1.19 bits per heavy atom. The number of halogens is 4. The second-order valence-corrected chi connectivity index (χ2v) is 9.74. The molecule has 37 heavy (non-hydrogen) atoms. The van der Waals surface area contributed by atoms with E-state index in [9.17, 15) is 22.4 Å². The van der Waals surface area contributed by atoms with Gasteiger partial charge in [0.15, 0.2) is 0 Å². The SMILES string of the molecule is CC1(C)OC(=O)c2ccc(Nc3cc(N4C[C@@H](N)C[C@@H](F)C4)c(-c4cnn(CC(F)(F)F)c4)cn3)nc21. The highest BCUT2D eigenvalue weighted by molar-refractivity contribution is 5.94. The second-order valence-electron chi connectivity index (χ2n) is 9.74. The van der Waals surface area contributed by atoms with E-state index in [0.29, 0.717) is 46.3 Å². The summed E-state index contributed by atoms with van der Waals surface area (Å²) >= 11 is 0. The van der Waals surface area contributed by atoms with Gasteiger partial charge < -0.3 is 20.7 Å². The van der Waals surface area contributed by atoms with Crippen LogP contribution >= 0.6 is 0 Å². The molecule has 5 rings (SSSR count). The maximum atomic E-state index is 14.4. The molecule has 13 heteroatoms. The number of ether oxygens (including phenoxy) is 1. The van der Waals surface area contributed by atoms with Crippen LogP contribution in [0.4, 0.5) is 34.9 Å². The zero-order chi connectivity index (χ0) is 26.5. The summed E-state index contributed by atoms with van der Waals surface area (Å²) in [5, 5.41) is 6.92. The number of piperidine rings is 1. The number of nitrogens with zero attached hydrogens (tertiary/aromatic N) is 5. The summed E-state index contributed by atoms with van der Waals surface area (Å²) in [7, 11) is 0. The first kappa shape index (κ1) is 24.9. The van der Waals surface area contributed by atoms with Crippen molar-refractivity contribution in [1.82, 2.24) is 19.7 Å². The van der Waals surface area contributed by atoms with Crippen LogP contribution < -0.4 is 16.0 Å². The molecule has 2 atom stereocenters. The van der Waals surface area contributed by atoms with E-state index < -0.39 is 36.5 Å². The predicted octanol–water partition coefficient (Wildman–Crippen LogP) is 3.93. The number of aromatic nitrogens is 4.